The Morgan fingerprint density at radius 1 is 1.30 bits per heavy atom. The summed E-state index contributed by atoms with van der Waals surface area (Å²) in [6.45, 7) is 2.53. The molecule has 0 saturated carbocycles. The number of methoxy groups -OCH3 is 1. The van der Waals surface area contributed by atoms with Crippen molar-refractivity contribution in [1.82, 2.24) is 9.47 Å². The van der Waals surface area contributed by atoms with E-state index in [1.807, 2.05) is 31.2 Å². The fraction of sp³-hybridized carbons (Fsp3) is 0.474. The summed E-state index contributed by atoms with van der Waals surface area (Å²) in [6.07, 6.45) is 2.86. The van der Waals surface area contributed by atoms with E-state index in [0.717, 1.165) is 17.3 Å². The van der Waals surface area contributed by atoms with Gasteiger partial charge in [0.2, 0.25) is 5.91 Å². The summed E-state index contributed by atoms with van der Waals surface area (Å²) < 4.78 is 30.2. The number of sulfone groups is 1. The zero-order chi connectivity index (χ0) is 19.6. The maximum absolute atomic E-state index is 13.0. The van der Waals surface area contributed by atoms with Crippen LogP contribution in [0.25, 0.3) is 10.9 Å². The van der Waals surface area contributed by atoms with E-state index >= 15 is 0 Å². The van der Waals surface area contributed by atoms with E-state index in [1.165, 1.54) is 7.11 Å². The molecule has 8 heteroatoms. The van der Waals surface area contributed by atoms with Gasteiger partial charge in [-0.3, -0.25) is 4.79 Å². The van der Waals surface area contributed by atoms with Gasteiger partial charge in [-0.25, -0.2) is 13.2 Å². The molecule has 7 nitrogen and oxygen atoms in total. The number of esters is 1. The van der Waals surface area contributed by atoms with Gasteiger partial charge in [-0.05, 0) is 18.9 Å². The molecular formula is C19H24N2O5S. The highest BCUT2D eigenvalue weighted by atomic mass is 32.2. The molecule has 1 atom stereocenters. The number of benzene rings is 1. The van der Waals surface area contributed by atoms with Crippen LogP contribution in [0.3, 0.4) is 0 Å². The number of amides is 1. The van der Waals surface area contributed by atoms with Crippen LogP contribution in [0.1, 0.15) is 30.1 Å². The van der Waals surface area contributed by atoms with Crippen LogP contribution in [0.2, 0.25) is 0 Å². The maximum atomic E-state index is 13.0. The lowest BCUT2D eigenvalue weighted by molar-refractivity contribution is -0.133. The molecule has 2 aromatic rings. The molecule has 1 saturated heterocycles. The van der Waals surface area contributed by atoms with Gasteiger partial charge in [0.1, 0.15) is 6.54 Å². The average Bonchev–Trinajstić information content (AvgIpc) is 3.19. The van der Waals surface area contributed by atoms with Crippen LogP contribution in [-0.2, 0) is 25.9 Å². The van der Waals surface area contributed by atoms with E-state index in [2.05, 4.69) is 0 Å². The molecule has 1 aliphatic rings. The van der Waals surface area contributed by atoms with E-state index in [-0.39, 0.29) is 30.0 Å². The lowest BCUT2D eigenvalue weighted by Crippen LogP contribution is -2.43. The molecule has 0 unspecified atom stereocenters. The second-order valence-corrected chi connectivity index (χ2v) is 9.05. The van der Waals surface area contributed by atoms with Crippen molar-refractivity contribution in [1.29, 1.82) is 0 Å². The smallest absolute Gasteiger partial charge is 0.340 e. The van der Waals surface area contributed by atoms with Gasteiger partial charge >= 0.3 is 5.97 Å². The SMILES string of the molecule is CCCN(C(=O)Cn1cc(C(=O)OC)c2ccccc21)[C@@H]1CCS(=O)(=O)C1. The number of rotatable bonds is 6. The van der Waals surface area contributed by atoms with Gasteiger partial charge < -0.3 is 14.2 Å². The molecule has 0 aliphatic carbocycles. The van der Waals surface area contributed by atoms with E-state index in [1.54, 1.807) is 15.7 Å². The molecule has 3 rings (SSSR count). The standard InChI is InChI=1S/C19H24N2O5S/c1-3-9-21(14-8-10-27(24,25)13-14)18(22)12-20-11-16(19(23)26-2)15-6-4-5-7-17(15)20/h4-7,11,14H,3,8-10,12-13H2,1-2H3/t14-/m1/s1. The minimum atomic E-state index is -3.07. The molecule has 27 heavy (non-hydrogen) atoms. The molecule has 1 aromatic heterocycles. The number of carbonyl (C=O) groups excluding carboxylic acids is 2. The fourth-order valence-electron chi connectivity index (χ4n) is 3.66. The van der Waals surface area contributed by atoms with Crippen molar-refractivity contribution in [3.63, 3.8) is 0 Å². The van der Waals surface area contributed by atoms with Crippen molar-refractivity contribution in [3.8, 4) is 0 Å². The van der Waals surface area contributed by atoms with Crippen molar-refractivity contribution >= 4 is 32.6 Å². The first-order valence-corrected chi connectivity index (χ1v) is 10.8. The summed E-state index contributed by atoms with van der Waals surface area (Å²) in [6, 6.07) is 7.06. The molecule has 0 spiro atoms. The lowest BCUT2D eigenvalue weighted by atomic mass is 10.2. The quantitative estimate of drug-likeness (QED) is 0.701. The van der Waals surface area contributed by atoms with E-state index in [4.69, 9.17) is 4.74 Å². The van der Waals surface area contributed by atoms with Crippen molar-refractivity contribution in [2.45, 2.75) is 32.4 Å². The number of fused-ring (bicyclic) bond motifs is 1. The van der Waals surface area contributed by atoms with Crippen LogP contribution in [0.15, 0.2) is 30.5 Å². The lowest BCUT2D eigenvalue weighted by Gasteiger charge is -2.28. The Labute approximate surface area is 158 Å². The number of nitrogens with zero attached hydrogens (tertiary/aromatic N) is 2. The van der Waals surface area contributed by atoms with Gasteiger partial charge in [-0.15, -0.1) is 0 Å². The first-order valence-electron chi connectivity index (χ1n) is 9.02. The van der Waals surface area contributed by atoms with Crippen molar-refractivity contribution < 1.29 is 22.7 Å². The summed E-state index contributed by atoms with van der Waals surface area (Å²) in [7, 11) is -1.75. The largest absolute Gasteiger partial charge is 0.465 e. The normalized spacial score (nSPS) is 18.5. The van der Waals surface area contributed by atoms with Crippen molar-refractivity contribution in [3.05, 3.63) is 36.0 Å². The van der Waals surface area contributed by atoms with Crippen LogP contribution in [-0.4, -0.2) is 61.0 Å². The summed E-state index contributed by atoms with van der Waals surface area (Å²) in [4.78, 5) is 26.7. The molecule has 0 bridgehead atoms. The van der Waals surface area contributed by atoms with Crippen LogP contribution in [0.5, 0.6) is 0 Å². The minimum Gasteiger partial charge on any atom is -0.465 e. The highest BCUT2D eigenvalue weighted by Crippen LogP contribution is 2.23. The molecule has 1 amide bonds. The van der Waals surface area contributed by atoms with E-state index in [0.29, 0.717) is 18.5 Å². The summed E-state index contributed by atoms with van der Waals surface area (Å²) in [5.41, 5.74) is 1.17. The molecule has 1 fully saturated rings. The molecular weight excluding hydrogens is 368 g/mol. The summed E-state index contributed by atoms with van der Waals surface area (Å²) in [5, 5.41) is 0.725. The Bertz CT molecular complexity index is 964. The van der Waals surface area contributed by atoms with Gasteiger partial charge in [0.05, 0.1) is 24.2 Å². The molecule has 146 valence electrons. The van der Waals surface area contributed by atoms with Crippen LogP contribution >= 0.6 is 0 Å². The predicted molar refractivity (Wildman–Crippen MR) is 102 cm³/mol. The maximum Gasteiger partial charge on any atom is 0.340 e. The number of aromatic nitrogens is 1. The first kappa shape index (κ1) is 19.4. The number of hydrogen-bond donors (Lipinski definition) is 0. The van der Waals surface area contributed by atoms with Crippen molar-refractivity contribution in [2.24, 2.45) is 0 Å². The molecule has 1 aromatic carbocycles. The zero-order valence-corrected chi connectivity index (χ0v) is 16.4. The summed E-state index contributed by atoms with van der Waals surface area (Å²) in [5.74, 6) is -0.441. The van der Waals surface area contributed by atoms with Gasteiger partial charge in [0.25, 0.3) is 0 Å². The highest BCUT2D eigenvalue weighted by molar-refractivity contribution is 7.91. The summed E-state index contributed by atoms with van der Waals surface area (Å²) >= 11 is 0. The fourth-order valence-corrected chi connectivity index (χ4v) is 5.39. The number of ether oxygens (including phenoxy) is 1. The predicted octanol–water partition coefficient (Wildman–Crippen LogP) is 1.85. The Morgan fingerprint density at radius 2 is 2.04 bits per heavy atom. The Balaban J connectivity index is 1.89. The molecule has 0 N–H and O–H groups in total. The highest BCUT2D eigenvalue weighted by Gasteiger charge is 2.34. The molecule has 1 aliphatic heterocycles. The van der Waals surface area contributed by atoms with Crippen LogP contribution in [0, 0.1) is 0 Å². The van der Waals surface area contributed by atoms with Crippen LogP contribution < -0.4 is 0 Å². The Kier molecular flexibility index (Phi) is 5.55. The zero-order valence-electron chi connectivity index (χ0n) is 15.6. The van der Waals surface area contributed by atoms with Gasteiger partial charge in [-0.2, -0.15) is 0 Å². The third-order valence-electron chi connectivity index (χ3n) is 4.93. The Morgan fingerprint density at radius 3 is 2.67 bits per heavy atom. The number of para-hydroxylation sites is 1. The van der Waals surface area contributed by atoms with Gasteiger partial charge in [-0.1, -0.05) is 25.1 Å². The monoisotopic (exact) mass is 392 g/mol. The topological polar surface area (TPSA) is 85.7 Å². The van der Waals surface area contributed by atoms with Gasteiger partial charge in [0, 0.05) is 29.7 Å². The second kappa shape index (κ2) is 7.72. The number of hydrogen-bond acceptors (Lipinski definition) is 5. The van der Waals surface area contributed by atoms with Gasteiger partial charge in [0.15, 0.2) is 9.84 Å². The van der Waals surface area contributed by atoms with E-state index in [9.17, 15) is 18.0 Å². The second-order valence-electron chi connectivity index (χ2n) is 6.82. The molecule has 0 radical (unpaired) electrons. The first-order chi connectivity index (χ1) is 12.9. The average molecular weight is 392 g/mol. The Hall–Kier alpha value is -2.35. The minimum absolute atomic E-state index is 0.0264. The van der Waals surface area contributed by atoms with Crippen molar-refractivity contribution in [2.75, 3.05) is 25.2 Å². The number of carbonyl (C=O) groups is 2. The van der Waals surface area contributed by atoms with E-state index < -0.39 is 15.8 Å². The third kappa shape index (κ3) is 4.00. The third-order valence-corrected chi connectivity index (χ3v) is 6.68. The van der Waals surface area contributed by atoms with Crippen LogP contribution in [0.4, 0.5) is 0 Å². The molecule has 2 heterocycles.